The predicted molar refractivity (Wildman–Crippen MR) is 90.2 cm³/mol. The number of allylic oxidation sites excluding steroid dienone is 1. The van der Waals surface area contributed by atoms with Crippen LogP contribution in [0.5, 0.6) is 5.06 Å². The van der Waals surface area contributed by atoms with E-state index in [1.165, 1.54) is 6.08 Å². The highest BCUT2D eigenvalue weighted by Crippen LogP contribution is 2.26. The molecule has 7 nitrogen and oxygen atoms in total. The van der Waals surface area contributed by atoms with Crippen LogP contribution >= 0.6 is 11.3 Å². The van der Waals surface area contributed by atoms with Crippen molar-refractivity contribution >= 4 is 17.1 Å². The summed E-state index contributed by atoms with van der Waals surface area (Å²) >= 11 is 0.422. The summed E-state index contributed by atoms with van der Waals surface area (Å²) in [5, 5.41) is 9.11. The van der Waals surface area contributed by atoms with Gasteiger partial charge in [-0.3, -0.25) is 24.8 Å². The van der Waals surface area contributed by atoms with E-state index in [-0.39, 0.29) is 12.0 Å². The van der Waals surface area contributed by atoms with Crippen molar-refractivity contribution in [1.29, 1.82) is 0 Å². The van der Waals surface area contributed by atoms with Gasteiger partial charge in [0.2, 0.25) is 0 Å². The molecule has 8 heteroatoms. The quantitative estimate of drug-likeness (QED) is 0.480. The van der Waals surface area contributed by atoms with Crippen molar-refractivity contribution in [2.75, 3.05) is 6.54 Å². The highest BCUT2D eigenvalue weighted by molar-refractivity contribution is 7.11. The van der Waals surface area contributed by atoms with Gasteiger partial charge in [0.1, 0.15) is 5.56 Å². The molecular weight excluding hydrogens is 330 g/mol. The van der Waals surface area contributed by atoms with Gasteiger partial charge in [-0.15, -0.1) is 0 Å². The average Bonchev–Trinajstić information content (AvgIpc) is 3.01. The van der Waals surface area contributed by atoms with Gasteiger partial charge in [0.05, 0.1) is 6.04 Å². The third-order valence-corrected chi connectivity index (χ3v) is 4.45. The molecule has 3 rings (SSSR count). The van der Waals surface area contributed by atoms with Gasteiger partial charge in [-0.25, -0.2) is 5.43 Å². The maximum atomic E-state index is 12.2. The molecule has 0 bridgehead atoms. The number of hydrogen-bond donors (Lipinski definition) is 4. The number of hydrogen-bond acceptors (Lipinski definition) is 7. The highest BCUT2D eigenvalue weighted by Gasteiger charge is 2.26. The Labute approximate surface area is 140 Å². The van der Waals surface area contributed by atoms with E-state index in [9.17, 15) is 19.5 Å². The second-order valence-corrected chi connectivity index (χ2v) is 6.29. The van der Waals surface area contributed by atoms with Crippen LogP contribution in [-0.2, 0) is 0 Å². The predicted octanol–water partition coefficient (Wildman–Crippen LogP) is 0.706. The molecule has 4 N–H and O–H groups in total. The lowest BCUT2D eigenvalue weighted by Gasteiger charge is -2.15. The molecule has 2 atom stereocenters. The Hall–Kier alpha value is -2.55. The summed E-state index contributed by atoms with van der Waals surface area (Å²) < 4.78 is 0. The minimum Gasteiger partial charge on any atom is -0.499 e. The second-order valence-electron chi connectivity index (χ2n) is 5.32. The first-order valence-corrected chi connectivity index (χ1v) is 8.10. The Balaban J connectivity index is 1.82. The monoisotopic (exact) mass is 345 g/mol. The van der Waals surface area contributed by atoms with E-state index < -0.39 is 26.8 Å². The molecule has 2 heterocycles. The summed E-state index contributed by atoms with van der Waals surface area (Å²) in [6, 6.07) is 9.76. The maximum Gasteiger partial charge on any atom is 0.310 e. The fourth-order valence-electron chi connectivity index (χ4n) is 2.61. The minimum absolute atomic E-state index is 0.0000275. The summed E-state index contributed by atoms with van der Waals surface area (Å²) in [7, 11) is 0. The van der Waals surface area contributed by atoms with E-state index in [0.717, 1.165) is 5.56 Å². The fourth-order valence-corrected chi connectivity index (χ4v) is 3.22. The zero-order chi connectivity index (χ0) is 17.1. The second kappa shape index (κ2) is 6.91. The first kappa shape index (κ1) is 16.3. The van der Waals surface area contributed by atoms with Crippen molar-refractivity contribution in [2.24, 2.45) is 5.92 Å². The van der Waals surface area contributed by atoms with Crippen molar-refractivity contribution in [2.45, 2.75) is 6.04 Å². The van der Waals surface area contributed by atoms with Crippen molar-refractivity contribution in [1.82, 2.24) is 15.8 Å². The number of aromatic amines is 1. The van der Waals surface area contributed by atoms with Crippen LogP contribution in [0.3, 0.4) is 0 Å². The summed E-state index contributed by atoms with van der Waals surface area (Å²) in [6.45, 7) is 0.619. The first-order chi connectivity index (χ1) is 11.6. The molecule has 2 unspecified atom stereocenters. The molecule has 124 valence electrons. The number of aromatic hydroxyl groups is 1. The number of carbonyl (C=O) groups is 1. The molecule has 1 aromatic carbocycles. The zero-order valence-corrected chi connectivity index (χ0v) is 13.3. The van der Waals surface area contributed by atoms with Gasteiger partial charge in [0.25, 0.3) is 5.56 Å². The molecule has 0 aliphatic carbocycles. The molecule has 1 fully saturated rings. The summed E-state index contributed by atoms with van der Waals surface area (Å²) in [6.07, 6.45) is 2.96. The Morgan fingerprint density at radius 2 is 2.00 bits per heavy atom. The lowest BCUT2D eigenvalue weighted by Crippen LogP contribution is -2.24. The highest BCUT2D eigenvalue weighted by atomic mass is 32.1. The minimum atomic E-state index is -0.881. The summed E-state index contributed by atoms with van der Waals surface area (Å²) in [4.78, 5) is 36.3. The summed E-state index contributed by atoms with van der Waals surface area (Å²) in [5.41, 5.74) is 5.97. The van der Waals surface area contributed by atoms with E-state index in [1.54, 1.807) is 6.08 Å². The molecule has 2 aromatic rings. The van der Waals surface area contributed by atoms with Crippen LogP contribution in [0.25, 0.3) is 0 Å². The van der Waals surface area contributed by atoms with Gasteiger partial charge < -0.3 is 5.11 Å². The van der Waals surface area contributed by atoms with Gasteiger partial charge in [0, 0.05) is 12.5 Å². The molecule has 24 heavy (non-hydrogen) atoms. The lowest BCUT2D eigenvalue weighted by molar-refractivity contribution is 0.104. The Bertz CT molecular complexity index is 888. The van der Waals surface area contributed by atoms with Crippen LogP contribution < -0.4 is 21.3 Å². The molecular formula is C16H15N3O4S. The van der Waals surface area contributed by atoms with Crippen molar-refractivity contribution in [3.63, 3.8) is 0 Å². The number of aromatic nitrogens is 1. The molecule has 0 amide bonds. The largest absolute Gasteiger partial charge is 0.499 e. The Kier molecular flexibility index (Phi) is 4.70. The van der Waals surface area contributed by atoms with Crippen LogP contribution in [-0.4, -0.2) is 22.4 Å². The van der Waals surface area contributed by atoms with Gasteiger partial charge in [-0.05, 0) is 23.0 Å². The van der Waals surface area contributed by atoms with Gasteiger partial charge >= 0.3 is 4.87 Å². The Morgan fingerprint density at radius 1 is 1.25 bits per heavy atom. The number of carbonyl (C=O) groups excluding carboxylic acids is 1. The molecule has 1 aromatic heterocycles. The number of ketones is 1. The molecule has 1 saturated heterocycles. The number of nitrogens with one attached hydrogen (secondary N) is 3. The van der Waals surface area contributed by atoms with Gasteiger partial charge in [0.15, 0.2) is 10.8 Å². The lowest BCUT2D eigenvalue weighted by atomic mass is 9.94. The standard InChI is InChI=1S/C16H15N3O4S/c20-11(12-14(21)18-16(23)24-15(12)22)7-6-10-8-17-19-13(10)9-4-2-1-3-5-9/h1-7,10,13,17,19,22H,8H2,(H,18,21,23)/b7-6+. The number of H-pyrrole nitrogens is 1. The molecule has 1 aliphatic rings. The third-order valence-electron chi connectivity index (χ3n) is 3.77. The van der Waals surface area contributed by atoms with Crippen LogP contribution in [0, 0.1) is 5.92 Å². The number of benzene rings is 1. The molecule has 0 radical (unpaired) electrons. The van der Waals surface area contributed by atoms with Crippen LogP contribution in [0.2, 0.25) is 0 Å². The Morgan fingerprint density at radius 3 is 2.71 bits per heavy atom. The van der Waals surface area contributed by atoms with Crippen LogP contribution in [0.1, 0.15) is 22.0 Å². The zero-order valence-electron chi connectivity index (χ0n) is 12.5. The summed E-state index contributed by atoms with van der Waals surface area (Å²) in [5.74, 6) is -0.635. The molecule has 0 spiro atoms. The third kappa shape index (κ3) is 3.35. The van der Waals surface area contributed by atoms with Crippen molar-refractivity contribution in [3.8, 4) is 5.06 Å². The van der Waals surface area contributed by atoms with E-state index >= 15 is 0 Å². The normalized spacial score (nSPS) is 20.5. The number of hydrazine groups is 1. The first-order valence-electron chi connectivity index (χ1n) is 7.28. The maximum absolute atomic E-state index is 12.2. The van der Waals surface area contributed by atoms with E-state index in [2.05, 4.69) is 10.9 Å². The van der Waals surface area contributed by atoms with Crippen molar-refractivity contribution < 1.29 is 9.90 Å². The topological polar surface area (TPSA) is 111 Å². The van der Waals surface area contributed by atoms with Gasteiger partial charge in [-0.2, -0.15) is 0 Å². The smallest absolute Gasteiger partial charge is 0.310 e. The molecule has 0 saturated carbocycles. The van der Waals surface area contributed by atoms with Crippen molar-refractivity contribution in [3.05, 3.63) is 73.6 Å². The van der Waals surface area contributed by atoms with Gasteiger partial charge in [-0.1, -0.05) is 36.4 Å². The average molecular weight is 345 g/mol. The van der Waals surface area contributed by atoms with Crippen LogP contribution in [0.15, 0.2) is 52.1 Å². The fraction of sp³-hybridized carbons (Fsp3) is 0.188. The van der Waals surface area contributed by atoms with Crippen LogP contribution in [0.4, 0.5) is 0 Å². The van der Waals surface area contributed by atoms with E-state index in [1.807, 2.05) is 35.3 Å². The molecule has 1 aliphatic heterocycles. The van der Waals surface area contributed by atoms with E-state index in [4.69, 9.17) is 0 Å². The number of rotatable bonds is 4. The van der Waals surface area contributed by atoms with E-state index in [0.29, 0.717) is 17.9 Å². The SMILES string of the molecule is O=C(/C=C/C1CNNC1c1ccccc1)c1c(O)sc(=O)[nH]c1=O.